The molecule has 1 aromatic rings. The standard InChI is InChI=1S/C9H13NOS/c11-5-8-4-7(6-12-8)9-2-1-3-10-9/h4,6,9-11H,1-3,5H2/t9-/m1/s1. The van der Waals surface area contributed by atoms with E-state index in [9.17, 15) is 0 Å². The third-order valence-electron chi connectivity index (χ3n) is 2.29. The van der Waals surface area contributed by atoms with Gasteiger partial charge in [-0.2, -0.15) is 0 Å². The van der Waals surface area contributed by atoms with Crippen LogP contribution in [0.3, 0.4) is 0 Å². The number of thiophene rings is 1. The van der Waals surface area contributed by atoms with Gasteiger partial charge in [-0.15, -0.1) is 11.3 Å². The van der Waals surface area contributed by atoms with Gasteiger partial charge in [0.05, 0.1) is 6.61 Å². The largest absolute Gasteiger partial charge is 0.391 e. The van der Waals surface area contributed by atoms with Gasteiger partial charge in [0.2, 0.25) is 0 Å². The van der Waals surface area contributed by atoms with Gasteiger partial charge < -0.3 is 10.4 Å². The highest BCUT2D eigenvalue weighted by Crippen LogP contribution is 2.27. The van der Waals surface area contributed by atoms with Crippen molar-refractivity contribution in [3.05, 3.63) is 21.9 Å². The lowest BCUT2D eigenvalue weighted by atomic mass is 10.1. The van der Waals surface area contributed by atoms with Crippen LogP contribution < -0.4 is 5.32 Å². The smallest absolute Gasteiger partial charge is 0.0774 e. The van der Waals surface area contributed by atoms with Gasteiger partial charge in [-0.25, -0.2) is 0 Å². The zero-order chi connectivity index (χ0) is 8.39. The van der Waals surface area contributed by atoms with Crippen molar-refractivity contribution in [2.45, 2.75) is 25.5 Å². The summed E-state index contributed by atoms with van der Waals surface area (Å²) in [5.74, 6) is 0. The second-order valence-corrected chi connectivity index (χ2v) is 4.15. The van der Waals surface area contributed by atoms with Crippen LogP contribution in [0.4, 0.5) is 0 Å². The minimum Gasteiger partial charge on any atom is -0.391 e. The van der Waals surface area contributed by atoms with Crippen molar-refractivity contribution in [2.75, 3.05) is 6.54 Å². The van der Waals surface area contributed by atoms with Crippen LogP contribution in [0.1, 0.15) is 29.3 Å². The summed E-state index contributed by atoms with van der Waals surface area (Å²) in [5.41, 5.74) is 1.35. The molecule has 3 heteroatoms. The Bertz CT molecular complexity index is 253. The lowest BCUT2D eigenvalue weighted by Crippen LogP contribution is -2.11. The number of aliphatic hydroxyl groups excluding tert-OH is 1. The summed E-state index contributed by atoms with van der Waals surface area (Å²) in [4.78, 5) is 1.07. The third kappa shape index (κ3) is 1.53. The van der Waals surface area contributed by atoms with E-state index < -0.39 is 0 Å². The van der Waals surface area contributed by atoms with E-state index in [0.717, 1.165) is 11.4 Å². The van der Waals surface area contributed by atoms with E-state index in [1.807, 2.05) is 0 Å². The monoisotopic (exact) mass is 183 g/mol. The Morgan fingerprint density at radius 3 is 3.17 bits per heavy atom. The normalized spacial score (nSPS) is 23.2. The van der Waals surface area contributed by atoms with Gasteiger partial charge in [0.15, 0.2) is 0 Å². The van der Waals surface area contributed by atoms with E-state index in [1.165, 1.54) is 18.4 Å². The lowest BCUT2D eigenvalue weighted by molar-refractivity contribution is 0.285. The first-order chi connectivity index (χ1) is 5.90. The molecule has 1 atom stereocenters. The van der Waals surface area contributed by atoms with Crippen LogP contribution in [-0.2, 0) is 6.61 Å². The first-order valence-corrected chi connectivity index (χ1v) is 5.19. The molecule has 1 aliphatic heterocycles. The molecule has 66 valence electrons. The zero-order valence-corrected chi connectivity index (χ0v) is 7.73. The molecule has 0 saturated carbocycles. The van der Waals surface area contributed by atoms with Gasteiger partial charge in [-0.05, 0) is 36.4 Å². The van der Waals surface area contributed by atoms with E-state index in [4.69, 9.17) is 5.11 Å². The summed E-state index contributed by atoms with van der Waals surface area (Å²) in [6, 6.07) is 2.65. The molecule has 0 radical (unpaired) electrons. The molecular formula is C9H13NOS. The number of hydrogen-bond donors (Lipinski definition) is 2. The van der Waals surface area contributed by atoms with Crippen molar-refractivity contribution in [3.63, 3.8) is 0 Å². The van der Waals surface area contributed by atoms with E-state index >= 15 is 0 Å². The van der Waals surface area contributed by atoms with Crippen LogP contribution in [-0.4, -0.2) is 11.7 Å². The second kappa shape index (κ2) is 3.56. The van der Waals surface area contributed by atoms with Crippen molar-refractivity contribution >= 4 is 11.3 Å². The first kappa shape index (κ1) is 8.23. The summed E-state index contributed by atoms with van der Waals surface area (Å²) in [7, 11) is 0. The minimum atomic E-state index is 0.178. The molecule has 0 spiro atoms. The molecule has 2 N–H and O–H groups in total. The van der Waals surface area contributed by atoms with Gasteiger partial charge in [-0.3, -0.25) is 0 Å². The summed E-state index contributed by atoms with van der Waals surface area (Å²) < 4.78 is 0. The number of aliphatic hydroxyl groups is 1. The molecule has 2 heterocycles. The van der Waals surface area contributed by atoms with Crippen LogP contribution in [0.25, 0.3) is 0 Å². The highest BCUT2D eigenvalue weighted by molar-refractivity contribution is 7.10. The Hall–Kier alpha value is -0.380. The van der Waals surface area contributed by atoms with Crippen LogP contribution in [0.2, 0.25) is 0 Å². The number of rotatable bonds is 2. The molecule has 1 aromatic heterocycles. The van der Waals surface area contributed by atoms with E-state index in [-0.39, 0.29) is 6.61 Å². The summed E-state index contributed by atoms with van der Waals surface area (Å²) in [5, 5.41) is 14.5. The number of hydrogen-bond acceptors (Lipinski definition) is 3. The van der Waals surface area contributed by atoms with Gasteiger partial charge in [0.25, 0.3) is 0 Å². The lowest BCUT2D eigenvalue weighted by Gasteiger charge is -2.05. The Morgan fingerprint density at radius 2 is 2.58 bits per heavy atom. The first-order valence-electron chi connectivity index (χ1n) is 4.31. The molecule has 12 heavy (non-hydrogen) atoms. The average molecular weight is 183 g/mol. The van der Waals surface area contributed by atoms with Crippen LogP contribution in [0.5, 0.6) is 0 Å². The van der Waals surface area contributed by atoms with Gasteiger partial charge >= 0.3 is 0 Å². The van der Waals surface area contributed by atoms with Gasteiger partial charge in [0, 0.05) is 10.9 Å². The second-order valence-electron chi connectivity index (χ2n) is 3.15. The highest BCUT2D eigenvalue weighted by Gasteiger charge is 2.16. The molecule has 0 aliphatic carbocycles. The topological polar surface area (TPSA) is 32.3 Å². The molecule has 2 nitrogen and oxygen atoms in total. The van der Waals surface area contributed by atoms with Crippen molar-refractivity contribution < 1.29 is 5.11 Å². The summed E-state index contributed by atoms with van der Waals surface area (Å²) in [6.45, 7) is 1.31. The Kier molecular flexibility index (Phi) is 2.44. The summed E-state index contributed by atoms with van der Waals surface area (Å²) >= 11 is 1.65. The molecule has 0 amide bonds. The number of nitrogens with one attached hydrogen (secondary N) is 1. The molecule has 1 aliphatic rings. The average Bonchev–Trinajstić information content (AvgIpc) is 2.75. The predicted octanol–water partition coefficient (Wildman–Crippen LogP) is 1.66. The maximum atomic E-state index is 8.88. The quantitative estimate of drug-likeness (QED) is 0.731. The van der Waals surface area contributed by atoms with Gasteiger partial charge in [0.1, 0.15) is 0 Å². The fourth-order valence-electron chi connectivity index (χ4n) is 1.63. The Morgan fingerprint density at radius 1 is 1.67 bits per heavy atom. The maximum absolute atomic E-state index is 8.88. The molecule has 0 bridgehead atoms. The fourth-order valence-corrected chi connectivity index (χ4v) is 2.43. The van der Waals surface area contributed by atoms with Crippen LogP contribution in [0, 0.1) is 0 Å². The fraction of sp³-hybridized carbons (Fsp3) is 0.556. The molecule has 2 rings (SSSR count). The van der Waals surface area contributed by atoms with Crippen molar-refractivity contribution in [3.8, 4) is 0 Å². The van der Waals surface area contributed by atoms with E-state index in [0.29, 0.717) is 6.04 Å². The van der Waals surface area contributed by atoms with E-state index in [2.05, 4.69) is 16.8 Å². The van der Waals surface area contributed by atoms with Crippen LogP contribution >= 0.6 is 11.3 Å². The van der Waals surface area contributed by atoms with E-state index in [1.54, 1.807) is 11.3 Å². The Labute approximate surface area is 76.2 Å². The summed E-state index contributed by atoms with van der Waals surface area (Å²) in [6.07, 6.45) is 2.51. The Balaban J connectivity index is 2.11. The van der Waals surface area contributed by atoms with Crippen LogP contribution in [0.15, 0.2) is 11.4 Å². The molecule has 0 unspecified atom stereocenters. The zero-order valence-electron chi connectivity index (χ0n) is 6.92. The minimum absolute atomic E-state index is 0.178. The van der Waals surface area contributed by atoms with Crippen molar-refractivity contribution in [1.29, 1.82) is 0 Å². The van der Waals surface area contributed by atoms with Crippen molar-refractivity contribution in [2.24, 2.45) is 0 Å². The van der Waals surface area contributed by atoms with Gasteiger partial charge in [-0.1, -0.05) is 0 Å². The predicted molar refractivity (Wildman–Crippen MR) is 50.2 cm³/mol. The SMILES string of the molecule is OCc1cc([C@H]2CCCN2)cs1. The maximum Gasteiger partial charge on any atom is 0.0774 e. The highest BCUT2D eigenvalue weighted by atomic mass is 32.1. The molecular weight excluding hydrogens is 170 g/mol. The van der Waals surface area contributed by atoms with Crippen molar-refractivity contribution in [1.82, 2.24) is 5.32 Å². The third-order valence-corrected chi connectivity index (χ3v) is 3.23. The molecule has 1 fully saturated rings. The molecule has 0 aromatic carbocycles. The molecule has 1 saturated heterocycles.